The Bertz CT molecular complexity index is 408. The first-order valence-electron chi connectivity index (χ1n) is 7.78. The summed E-state index contributed by atoms with van der Waals surface area (Å²) in [5.74, 6) is 1.01. The molecule has 2 rings (SSSR count). The van der Waals surface area contributed by atoms with Gasteiger partial charge in [0.25, 0.3) is 0 Å². The molecule has 1 unspecified atom stereocenters. The Morgan fingerprint density at radius 2 is 1.95 bits per heavy atom. The monoisotopic (exact) mass is 342 g/mol. The van der Waals surface area contributed by atoms with E-state index in [0.717, 1.165) is 16.8 Å². The van der Waals surface area contributed by atoms with Gasteiger partial charge in [-0.15, -0.1) is 0 Å². The van der Waals surface area contributed by atoms with Crippen LogP contribution >= 0.6 is 15.9 Å². The molecule has 1 aromatic heterocycles. The molecule has 1 saturated heterocycles. The topological polar surface area (TPSA) is 28.4 Å². The normalized spacial score (nSPS) is 19.8. The van der Waals surface area contributed by atoms with E-state index in [-0.39, 0.29) is 11.6 Å². The van der Waals surface area contributed by atoms with E-state index >= 15 is 0 Å². The van der Waals surface area contributed by atoms with Crippen LogP contribution in [-0.4, -0.2) is 30.1 Å². The number of hydrogen-bond acceptors (Lipinski definition) is 3. The minimum absolute atomic E-state index is 0.0424. The molecule has 2 heterocycles. The number of likely N-dealkylation sites (tertiary alicyclic amines) is 1. The molecule has 1 fully saturated rings. The molecule has 3 nitrogen and oxygen atoms in total. The van der Waals surface area contributed by atoms with Crippen molar-refractivity contribution < 1.29 is 4.42 Å². The van der Waals surface area contributed by atoms with E-state index in [2.05, 4.69) is 46.9 Å². The Balaban J connectivity index is 2.24. The molecule has 1 aromatic rings. The van der Waals surface area contributed by atoms with Gasteiger partial charge >= 0.3 is 0 Å². The van der Waals surface area contributed by atoms with Crippen LogP contribution in [0.1, 0.15) is 58.3 Å². The maximum Gasteiger partial charge on any atom is 0.136 e. The minimum Gasteiger partial charge on any atom is -0.466 e. The van der Waals surface area contributed by atoms with E-state index in [0.29, 0.717) is 0 Å². The number of halogens is 1. The average Bonchev–Trinajstić information content (AvgIpc) is 2.69. The van der Waals surface area contributed by atoms with Crippen molar-refractivity contribution in [3.8, 4) is 0 Å². The van der Waals surface area contributed by atoms with Gasteiger partial charge in [0.05, 0.1) is 16.8 Å². The molecule has 1 aliphatic rings. The highest BCUT2D eigenvalue weighted by Crippen LogP contribution is 2.36. The molecule has 0 aromatic carbocycles. The fraction of sp³-hybridized carbons (Fsp3) is 0.750. The highest BCUT2D eigenvalue weighted by Gasteiger charge is 2.38. The van der Waals surface area contributed by atoms with Crippen LogP contribution in [-0.2, 0) is 0 Å². The molecule has 1 N–H and O–H groups in total. The number of nitrogens with one attached hydrogen (secondary N) is 1. The SMILES string of the molecule is CCNC(c1occc1Br)C(C)(C)N1CCCCCC1. The lowest BCUT2D eigenvalue weighted by atomic mass is 9.90. The minimum atomic E-state index is 0.0424. The third-order valence-corrected chi connectivity index (χ3v) is 5.10. The summed E-state index contributed by atoms with van der Waals surface area (Å²) in [6.07, 6.45) is 7.11. The van der Waals surface area contributed by atoms with E-state index < -0.39 is 0 Å². The van der Waals surface area contributed by atoms with E-state index in [9.17, 15) is 0 Å². The van der Waals surface area contributed by atoms with Gasteiger partial charge in [-0.2, -0.15) is 0 Å². The number of rotatable bonds is 5. The summed E-state index contributed by atoms with van der Waals surface area (Å²) < 4.78 is 6.81. The van der Waals surface area contributed by atoms with E-state index in [1.165, 1.54) is 38.8 Å². The lowest BCUT2D eigenvalue weighted by molar-refractivity contribution is 0.0749. The number of nitrogens with zero attached hydrogens (tertiary/aromatic N) is 1. The van der Waals surface area contributed by atoms with Crippen LogP contribution in [0.3, 0.4) is 0 Å². The van der Waals surface area contributed by atoms with Gasteiger partial charge in [0, 0.05) is 5.54 Å². The van der Waals surface area contributed by atoms with E-state index in [1.54, 1.807) is 6.26 Å². The van der Waals surface area contributed by atoms with Crippen molar-refractivity contribution in [1.29, 1.82) is 0 Å². The molecule has 1 aliphatic heterocycles. The maximum atomic E-state index is 5.75. The molecule has 0 aliphatic carbocycles. The summed E-state index contributed by atoms with van der Waals surface area (Å²) in [5.41, 5.74) is 0.0424. The summed E-state index contributed by atoms with van der Waals surface area (Å²) in [7, 11) is 0. The van der Waals surface area contributed by atoms with Crippen LogP contribution < -0.4 is 5.32 Å². The Hall–Kier alpha value is -0.320. The van der Waals surface area contributed by atoms with Gasteiger partial charge in [0.2, 0.25) is 0 Å². The standard InChI is InChI=1S/C16H27BrN2O/c1-4-18-15(14-13(17)9-12-20-14)16(2,3)19-10-7-5-6-8-11-19/h9,12,15,18H,4-8,10-11H2,1-3H3. The fourth-order valence-corrected chi connectivity index (χ4v) is 3.64. The summed E-state index contributed by atoms with van der Waals surface area (Å²) >= 11 is 3.62. The molecule has 20 heavy (non-hydrogen) atoms. The summed E-state index contributed by atoms with van der Waals surface area (Å²) in [6.45, 7) is 10.1. The third-order valence-electron chi connectivity index (χ3n) is 4.44. The lowest BCUT2D eigenvalue weighted by Gasteiger charge is -2.43. The summed E-state index contributed by atoms with van der Waals surface area (Å²) in [5, 5.41) is 3.62. The predicted molar refractivity (Wildman–Crippen MR) is 86.9 cm³/mol. The first-order chi connectivity index (χ1) is 9.57. The molecular formula is C16H27BrN2O. The third kappa shape index (κ3) is 3.46. The largest absolute Gasteiger partial charge is 0.466 e. The maximum absolute atomic E-state index is 5.75. The quantitative estimate of drug-likeness (QED) is 0.862. The Labute approximate surface area is 131 Å². The second-order valence-electron chi connectivity index (χ2n) is 6.18. The van der Waals surface area contributed by atoms with Crippen molar-refractivity contribution in [1.82, 2.24) is 10.2 Å². The van der Waals surface area contributed by atoms with Crippen molar-refractivity contribution in [3.63, 3.8) is 0 Å². The number of furan rings is 1. The van der Waals surface area contributed by atoms with Crippen LogP contribution in [0, 0.1) is 0 Å². The summed E-state index contributed by atoms with van der Waals surface area (Å²) in [6, 6.07) is 2.19. The molecule has 0 radical (unpaired) electrons. The average molecular weight is 343 g/mol. The second kappa shape index (κ2) is 7.10. The van der Waals surface area contributed by atoms with Crippen molar-refractivity contribution in [3.05, 3.63) is 22.6 Å². The number of likely N-dealkylation sites (N-methyl/N-ethyl adjacent to an activating group) is 1. The van der Waals surface area contributed by atoms with Crippen LogP contribution in [0.15, 0.2) is 21.2 Å². The van der Waals surface area contributed by atoms with Crippen molar-refractivity contribution in [2.75, 3.05) is 19.6 Å². The Morgan fingerprint density at radius 3 is 2.45 bits per heavy atom. The molecule has 0 spiro atoms. The summed E-state index contributed by atoms with van der Waals surface area (Å²) in [4.78, 5) is 2.63. The smallest absolute Gasteiger partial charge is 0.136 e. The molecule has 0 bridgehead atoms. The van der Waals surface area contributed by atoms with Gasteiger partial charge < -0.3 is 9.73 Å². The lowest BCUT2D eigenvalue weighted by Crippen LogP contribution is -2.53. The first-order valence-corrected chi connectivity index (χ1v) is 8.58. The molecule has 0 saturated carbocycles. The van der Waals surface area contributed by atoms with Gasteiger partial charge in [-0.05, 0) is 68.3 Å². The molecule has 1 atom stereocenters. The van der Waals surface area contributed by atoms with Gasteiger partial charge in [-0.3, -0.25) is 4.90 Å². The van der Waals surface area contributed by atoms with Crippen LogP contribution in [0.5, 0.6) is 0 Å². The Morgan fingerprint density at radius 1 is 1.30 bits per heavy atom. The first kappa shape index (κ1) is 16.1. The highest BCUT2D eigenvalue weighted by atomic mass is 79.9. The second-order valence-corrected chi connectivity index (χ2v) is 7.03. The van der Waals surface area contributed by atoms with Gasteiger partial charge in [-0.1, -0.05) is 19.8 Å². The van der Waals surface area contributed by atoms with E-state index in [1.807, 2.05) is 6.07 Å². The number of hydrogen-bond donors (Lipinski definition) is 1. The van der Waals surface area contributed by atoms with Crippen molar-refractivity contribution in [2.45, 2.75) is 58.0 Å². The van der Waals surface area contributed by atoms with Crippen LogP contribution in [0.4, 0.5) is 0 Å². The highest BCUT2D eigenvalue weighted by molar-refractivity contribution is 9.10. The van der Waals surface area contributed by atoms with Crippen LogP contribution in [0.25, 0.3) is 0 Å². The van der Waals surface area contributed by atoms with Gasteiger partial charge in [0.1, 0.15) is 5.76 Å². The van der Waals surface area contributed by atoms with Crippen molar-refractivity contribution in [2.24, 2.45) is 0 Å². The zero-order chi connectivity index (χ0) is 14.6. The van der Waals surface area contributed by atoms with Gasteiger partial charge in [0.15, 0.2) is 0 Å². The zero-order valence-corrected chi connectivity index (χ0v) is 14.5. The van der Waals surface area contributed by atoms with Gasteiger partial charge in [-0.25, -0.2) is 0 Å². The fourth-order valence-electron chi connectivity index (χ4n) is 3.21. The molecular weight excluding hydrogens is 316 g/mol. The zero-order valence-electron chi connectivity index (χ0n) is 12.9. The van der Waals surface area contributed by atoms with E-state index in [4.69, 9.17) is 4.42 Å². The van der Waals surface area contributed by atoms with Crippen LogP contribution in [0.2, 0.25) is 0 Å². The molecule has 0 amide bonds. The molecule has 4 heteroatoms. The predicted octanol–water partition coefficient (Wildman–Crippen LogP) is 4.35. The Kier molecular flexibility index (Phi) is 5.70. The van der Waals surface area contributed by atoms with Crippen molar-refractivity contribution >= 4 is 15.9 Å². The molecule has 114 valence electrons.